The molecule has 0 aliphatic carbocycles. The molecule has 0 bridgehead atoms. The maximum absolute atomic E-state index is 12.2. The second kappa shape index (κ2) is 4.53. The molecule has 1 aliphatic heterocycles. The van der Waals surface area contributed by atoms with Crippen molar-refractivity contribution in [3.05, 3.63) is 23.5 Å². The van der Waals surface area contributed by atoms with Crippen LogP contribution >= 0.6 is 0 Å². The van der Waals surface area contributed by atoms with Gasteiger partial charge in [-0.3, -0.25) is 4.79 Å². The third kappa shape index (κ3) is 1.97. The highest BCUT2D eigenvalue weighted by atomic mass is 16.2. The van der Waals surface area contributed by atoms with Gasteiger partial charge in [0.25, 0.3) is 0 Å². The van der Waals surface area contributed by atoms with Gasteiger partial charge in [-0.2, -0.15) is 0 Å². The highest BCUT2D eigenvalue weighted by molar-refractivity contribution is 5.79. The van der Waals surface area contributed by atoms with Crippen molar-refractivity contribution in [1.29, 1.82) is 0 Å². The first-order valence-corrected chi connectivity index (χ1v) is 6.22. The molecule has 94 valence electrons. The van der Waals surface area contributed by atoms with Gasteiger partial charge in [0.15, 0.2) is 0 Å². The molecule has 4 nitrogen and oxygen atoms in total. The van der Waals surface area contributed by atoms with Crippen LogP contribution in [0, 0.1) is 12.8 Å². The van der Waals surface area contributed by atoms with Crippen LogP contribution in [0.15, 0.2) is 12.1 Å². The molecule has 0 fully saturated rings. The average molecular weight is 235 g/mol. The topological polar surface area (TPSA) is 51.3 Å². The predicted molar refractivity (Wildman–Crippen MR) is 67.5 cm³/mol. The number of aryl methyl sites for hydroxylation is 1. The number of carbonyl (C=O) groups excluding carboxylic acids is 1. The maximum atomic E-state index is 12.2. The van der Waals surface area contributed by atoms with Gasteiger partial charge in [-0.1, -0.05) is 6.92 Å². The number of nitrogens with two attached hydrogens (primary N) is 1. The summed E-state index contributed by atoms with van der Waals surface area (Å²) < 4.78 is 2.29. The van der Waals surface area contributed by atoms with Crippen molar-refractivity contribution in [1.82, 2.24) is 9.47 Å². The van der Waals surface area contributed by atoms with Gasteiger partial charge < -0.3 is 15.2 Å². The van der Waals surface area contributed by atoms with Crippen LogP contribution in [0.5, 0.6) is 0 Å². The molecule has 2 heterocycles. The summed E-state index contributed by atoms with van der Waals surface area (Å²) in [5.74, 6) is 0.0881. The highest BCUT2D eigenvalue weighted by Crippen LogP contribution is 2.28. The zero-order chi connectivity index (χ0) is 12.6. The second-order valence-electron chi connectivity index (χ2n) is 4.90. The molecule has 2 rings (SSSR count). The van der Waals surface area contributed by atoms with Crippen molar-refractivity contribution in [2.75, 3.05) is 13.1 Å². The zero-order valence-electron chi connectivity index (χ0n) is 10.8. The third-order valence-corrected chi connectivity index (χ3v) is 3.75. The fourth-order valence-electron chi connectivity index (χ4n) is 2.51. The molecule has 0 saturated carbocycles. The molecule has 0 saturated heterocycles. The van der Waals surface area contributed by atoms with Crippen LogP contribution in [0.3, 0.4) is 0 Å². The van der Waals surface area contributed by atoms with E-state index in [0.29, 0.717) is 6.54 Å². The van der Waals surface area contributed by atoms with E-state index in [4.69, 9.17) is 5.73 Å². The summed E-state index contributed by atoms with van der Waals surface area (Å²) >= 11 is 0. The summed E-state index contributed by atoms with van der Waals surface area (Å²) in [7, 11) is 0. The summed E-state index contributed by atoms with van der Waals surface area (Å²) in [6.07, 6.45) is 0. The minimum absolute atomic E-state index is 0.0833. The molecule has 2 N–H and O–H groups in total. The Hall–Kier alpha value is -1.29. The van der Waals surface area contributed by atoms with Crippen LogP contribution in [0.4, 0.5) is 0 Å². The summed E-state index contributed by atoms with van der Waals surface area (Å²) in [6, 6.07) is 4.39. The average Bonchev–Trinajstić information content (AvgIpc) is 2.71. The van der Waals surface area contributed by atoms with E-state index in [1.54, 1.807) is 0 Å². The number of hydrogen-bond donors (Lipinski definition) is 1. The van der Waals surface area contributed by atoms with Crippen LogP contribution in [0.25, 0.3) is 0 Å². The van der Waals surface area contributed by atoms with Crippen molar-refractivity contribution in [3.63, 3.8) is 0 Å². The lowest BCUT2D eigenvalue weighted by molar-refractivity contribution is -0.138. The Labute approximate surface area is 102 Å². The first-order valence-electron chi connectivity index (χ1n) is 6.22. The van der Waals surface area contributed by atoms with E-state index >= 15 is 0 Å². The Morgan fingerprint density at radius 3 is 2.88 bits per heavy atom. The van der Waals surface area contributed by atoms with E-state index in [2.05, 4.69) is 30.5 Å². The van der Waals surface area contributed by atoms with Crippen molar-refractivity contribution in [2.24, 2.45) is 11.7 Å². The number of fused-ring (bicyclic) bond motifs is 1. The molecule has 0 radical (unpaired) electrons. The molecular weight excluding hydrogens is 214 g/mol. The number of aromatic nitrogens is 1. The predicted octanol–water partition coefficient (Wildman–Crippen LogP) is 1.29. The molecule has 0 aromatic carbocycles. The van der Waals surface area contributed by atoms with Gasteiger partial charge in [-0.25, -0.2) is 0 Å². The molecule has 4 heteroatoms. The molecule has 2 unspecified atom stereocenters. The Morgan fingerprint density at radius 1 is 1.53 bits per heavy atom. The summed E-state index contributed by atoms with van der Waals surface area (Å²) in [5, 5.41) is 0. The van der Waals surface area contributed by atoms with Crippen molar-refractivity contribution >= 4 is 5.91 Å². The highest BCUT2D eigenvalue weighted by Gasteiger charge is 2.30. The van der Waals surface area contributed by atoms with Gasteiger partial charge >= 0.3 is 0 Å². The smallest absolute Gasteiger partial charge is 0.227 e. The Bertz CT molecular complexity index is 424. The van der Waals surface area contributed by atoms with Crippen molar-refractivity contribution < 1.29 is 4.79 Å². The van der Waals surface area contributed by atoms with Crippen LogP contribution in [-0.2, 0) is 11.3 Å². The largest absolute Gasteiger partial charge is 0.345 e. The van der Waals surface area contributed by atoms with E-state index < -0.39 is 0 Å². The first-order chi connectivity index (χ1) is 8.06. The lowest BCUT2D eigenvalue weighted by Gasteiger charge is -2.36. The van der Waals surface area contributed by atoms with Gasteiger partial charge in [0.2, 0.25) is 5.91 Å². The van der Waals surface area contributed by atoms with E-state index in [0.717, 1.165) is 13.1 Å². The van der Waals surface area contributed by atoms with Gasteiger partial charge in [-0.05, 0) is 26.0 Å². The molecule has 1 aliphatic rings. The summed E-state index contributed by atoms with van der Waals surface area (Å²) in [6.45, 7) is 8.19. The quantitative estimate of drug-likeness (QED) is 0.840. The Morgan fingerprint density at radius 2 is 2.24 bits per heavy atom. The van der Waals surface area contributed by atoms with Gasteiger partial charge in [0.1, 0.15) is 0 Å². The second-order valence-corrected chi connectivity index (χ2v) is 4.90. The van der Waals surface area contributed by atoms with E-state index in [1.165, 1.54) is 11.4 Å². The van der Waals surface area contributed by atoms with Crippen LogP contribution in [0.1, 0.15) is 31.3 Å². The van der Waals surface area contributed by atoms with Crippen molar-refractivity contribution in [3.8, 4) is 0 Å². The fraction of sp³-hybridized carbons (Fsp3) is 0.615. The maximum Gasteiger partial charge on any atom is 0.227 e. The molecule has 17 heavy (non-hydrogen) atoms. The standard InChI is InChI=1S/C13H21N3O/c1-9(8-14)13(17)16-7-6-15-10(2)4-5-12(15)11(16)3/h4-5,9,11H,6-8,14H2,1-3H3. The number of rotatable bonds is 2. The molecule has 1 amide bonds. The van der Waals surface area contributed by atoms with Crippen LogP contribution < -0.4 is 5.73 Å². The lowest BCUT2D eigenvalue weighted by Crippen LogP contribution is -2.44. The zero-order valence-corrected chi connectivity index (χ0v) is 10.8. The van der Waals surface area contributed by atoms with Gasteiger partial charge in [0.05, 0.1) is 6.04 Å². The molecule has 1 aromatic heterocycles. The monoisotopic (exact) mass is 235 g/mol. The van der Waals surface area contributed by atoms with E-state index in [1.807, 2.05) is 11.8 Å². The minimum Gasteiger partial charge on any atom is -0.345 e. The number of amides is 1. The Balaban J connectivity index is 2.23. The molecule has 0 spiro atoms. The van der Waals surface area contributed by atoms with E-state index in [-0.39, 0.29) is 17.9 Å². The first kappa shape index (κ1) is 12.2. The van der Waals surface area contributed by atoms with Crippen molar-refractivity contribution in [2.45, 2.75) is 33.4 Å². The SMILES string of the molecule is Cc1ccc2n1CCN(C(=O)C(C)CN)C2C. The minimum atomic E-state index is -0.0833. The summed E-state index contributed by atoms with van der Waals surface area (Å²) in [5.41, 5.74) is 8.07. The number of nitrogens with zero attached hydrogens (tertiary/aromatic N) is 2. The van der Waals surface area contributed by atoms with Gasteiger partial charge in [0, 0.05) is 36.9 Å². The third-order valence-electron chi connectivity index (χ3n) is 3.75. The summed E-state index contributed by atoms with van der Waals surface area (Å²) in [4.78, 5) is 14.1. The van der Waals surface area contributed by atoms with Crippen LogP contribution in [-0.4, -0.2) is 28.5 Å². The van der Waals surface area contributed by atoms with E-state index in [9.17, 15) is 4.79 Å². The number of hydrogen-bond acceptors (Lipinski definition) is 2. The molecular formula is C13H21N3O. The van der Waals surface area contributed by atoms with Gasteiger partial charge in [-0.15, -0.1) is 0 Å². The fourth-order valence-corrected chi connectivity index (χ4v) is 2.51. The van der Waals surface area contributed by atoms with Crippen LogP contribution in [0.2, 0.25) is 0 Å². The normalized spacial score (nSPS) is 21.2. The number of carbonyl (C=O) groups is 1. The molecule has 1 aromatic rings. The Kier molecular flexibility index (Phi) is 3.24. The molecule has 2 atom stereocenters. The lowest BCUT2D eigenvalue weighted by atomic mass is 10.1.